The average molecular weight is 947 g/mol. The molecule has 298 valence electrons. The number of rotatable bonds is 4. The first-order valence-corrected chi connectivity index (χ1v) is 21.9. The van der Waals surface area contributed by atoms with Gasteiger partial charge < -0.3 is 14.9 Å². The lowest BCUT2D eigenvalue weighted by atomic mass is 9.87. The van der Waals surface area contributed by atoms with Crippen LogP contribution >= 0.6 is 92.8 Å². The highest BCUT2D eigenvalue weighted by Gasteiger charge is 2.43. The highest BCUT2D eigenvalue weighted by Crippen LogP contribution is 2.53. The standard InChI is InChI=1S/C47H29Cl8N5/c1-60-20-22-23(21-60)47-45(41-30(54)12-5-13-31(41)55)37-19-17-35(58-37)43(39-26(50)8-3-9-27(39)51)33-15-14-32(56-33)42(38-24(48)6-2-7-25(38)49)34-16-18-36(57-34)44(46(22)59-47)40-28(52)10-4-11-29(40)53/h2-19,22-23,57-58H,20-21H2,1H3/t22-,23+. The Labute approximate surface area is 385 Å². The molecule has 0 aliphatic carbocycles. The average Bonchev–Trinajstić information content (AvgIpc) is 4.06. The Balaban J connectivity index is 1.48. The van der Waals surface area contributed by atoms with Crippen LogP contribution in [0.25, 0.3) is 78.7 Å². The van der Waals surface area contributed by atoms with Gasteiger partial charge in [-0.2, -0.15) is 0 Å². The number of aromatic amines is 2. The third-order valence-corrected chi connectivity index (χ3v) is 13.9. The monoisotopic (exact) mass is 943 g/mol. The lowest BCUT2D eigenvalue weighted by molar-refractivity contribution is 0.404. The Morgan fingerprint density at radius 3 is 1.00 bits per heavy atom. The molecule has 3 aliphatic rings. The van der Waals surface area contributed by atoms with Gasteiger partial charge in [-0.15, -0.1) is 0 Å². The van der Waals surface area contributed by atoms with Gasteiger partial charge in [0.05, 0.1) is 63.0 Å². The molecule has 10 rings (SSSR count). The Morgan fingerprint density at radius 2 is 0.683 bits per heavy atom. The Hall–Kier alpha value is -3.98. The van der Waals surface area contributed by atoms with E-state index in [0.29, 0.717) is 96.0 Å². The van der Waals surface area contributed by atoms with Gasteiger partial charge in [0.2, 0.25) is 0 Å². The smallest absolute Gasteiger partial charge is 0.0738 e. The summed E-state index contributed by atoms with van der Waals surface area (Å²) in [6.45, 7) is 1.45. The first-order chi connectivity index (χ1) is 29.0. The summed E-state index contributed by atoms with van der Waals surface area (Å²) in [4.78, 5) is 20.8. The first kappa shape index (κ1) is 40.1. The van der Waals surface area contributed by atoms with Crippen LogP contribution < -0.4 is 0 Å². The molecule has 13 heteroatoms. The zero-order valence-electron chi connectivity index (χ0n) is 31.3. The molecule has 2 N–H and O–H groups in total. The van der Waals surface area contributed by atoms with E-state index in [4.69, 9.17) is 103 Å². The van der Waals surface area contributed by atoms with Crippen LogP contribution in [0.5, 0.6) is 0 Å². The van der Waals surface area contributed by atoms with Gasteiger partial charge >= 0.3 is 0 Å². The molecule has 0 unspecified atom stereocenters. The minimum absolute atomic E-state index is 0.0649. The lowest BCUT2D eigenvalue weighted by Gasteiger charge is -2.15. The van der Waals surface area contributed by atoms with Crippen molar-refractivity contribution in [3.63, 3.8) is 0 Å². The van der Waals surface area contributed by atoms with Crippen LogP contribution in [0.4, 0.5) is 0 Å². The van der Waals surface area contributed by atoms with E-state index in [1.54, 1.807) is 0 Å². The van der Waals surface area contributed by atoms with E-state index in [1.807, 2.05) is 109 Å². The summed E-state index contributed by atoms with van der Waals surface area (Å²) in [5.74, 6) is -0.130. The number of hydrogen-bond donors (Lipinski definition) is 2. The number of H-pyrrole nitrogens is 2. The van der Waals surface area contributed by atoms with Crippen molar-refractivity contribution in [1.29, 1.82) is 0 Å². The SMILES string of the molecule is CN1C[C@@H]2c3nc(c(-c4c(Cl)cccc4Cl)c4ccc([nH]4)c(-c4c(Cl)cccc4Cl)c4nc(c(-c5c(Cl)cccc5Cl)c5ccc([nH]5)c3-c3c(Cl)cccc3Cl)C=C4)[C@@H]2C1. The van der Waals surface area contributed by atoms with E-state index >= 15 is 0 Å². The van der Waals surface area contributed by atoms with E-state index < -0.39 is 0 Å². The maximum atomic E-state index is 7.13. The molecule has 8 bridgehead atoms. The number of nitrogens with one attached hydrogen (secondary N) is 2. The Morgan fingerprint density at radius 1 is 0.400 bits per heavy atom. The Kier molecular flexibility index (Phi) is 10.5. The highest BCUT2D eigenvalue weighted by atomic mass is 35.5. The van der Waals surface area contributed by atoms with Crippen LogP contribution in [0.1, 0.15) is 34.6 Å². The van der Waals surface area contributed by atoms with Crippen molar-refractivity contribution in [1.82, 2.24) is 24.8 Å². The number of hydrogen-bond acceptors (Lipinski definition) is 3. The van der Waals surface area contributed by atoms with Gasteiger partial charge in [0.15, 0.2) is 0 Å². The van der Waals surface area contributed by atoms with E-state index in [1.165, 1.54) is 0 Å². The van der Waals surface area contributed by atoms with E-state index in [2.05, 4.69) is 21.9 Å². The maximum Gasteiger partial charge on any atom is 0.0738 e. The molecule has 60 heavy (non-hydrogen) atoms. The van der Waals surface area contributed by atoms with Crippen molar-refractivity contribution in [2.45, 2.75) is 11.8 Å². The molecule has 4 aromatic carbocycles. The summed E-state index contributed by atoms with van der Waals surface area (Å²) in [6, 6.07) is 29.9. The fraction of sp³-hybridized carbons (Fsp3) is 0.106. The van der Waals surface area contributed by atoms with Crippen molar-refractivity contribution in [3.8, 4) is 44.5 Å². The van der Waals surface area contributed by atoms with Crippen LogP contribution in [0, 0.1) is 0 Å². The molecule has 7 aromatic rings. The van der Waals surface area contributed by atoms with Gasteiger partial charge in [-0.05, 0) is 92.0 Å². The molecule has 5 nitrogen and oxygen atoms in total. The molecule has 0 spiro atoms. The third-order valence-electron chi connectivity index (χ3n) is 11.4. The minimum Gasteiger partial charge on any atom is -0.354 e. The number of halogens is 8. The zero-order valence-corrected chi connectivity index (χ0v) is 37.4. The molecular formula is C47H29Cl8N5. The van der Waals surface area contributed by atoms with Crippen LogP contribution in [0.3, 0.4) is 0 Å². The molecule has 3 aromatic heterocycles. The number of nitrogens with zero attached hydrogens (tertiary/aromatic N) is 3. The molecular weight excluding hydrogens is 918 g/mol. The third kappa shape index (κ3) is 6.66. The topological polar surface area (TPSA) is 60.6 Å². The fourth-order valence-corrected chi connectivity index (χ4v) is 11.2. The normalized spacial score (nSPS) is 16.1. The summed E-state index contributed by atoms with van der Waals surface area (Å²) in [5, 5.41) is 3.75. The number of likely N-dealkylation sites (N-methyl/N-ethyl adjacent to an activating group) is 1. The van der Waals surface area contributed by atoms with Gasteiger partial charge in [-0.25, -0.2) is 4.98 Å². The number of fused-ring (bicyclic) bond motifs is 11. The lowest BCUT2D eigenvalue weighted by Crippen LogP contribution is -2.15. The second kappa shape index (κ2) is 15.7. The van der Waals surface area contributed by atoms with E-state index in [9.17, 15) is 0 Å². The summed E-state index contributed by atoms with van der Waals surface area (Å²) in [7, 11) is 2.12. The summed E-state index contributed by atoms with van der Waals surface area (Å²) < 4.78 is 0. The van der Waals surface area contributed by atoms with Gasteiger partial charge in [-0.3, -0.25) is 4.98 Å². The van der Waals surface area contributed by atoms with Crippen LogP contribution in [-0.4, -0.2) is 45.0 Å². The maximum absolute atomic E-state index is 7.13. The summed E-state index contributed by atoms with van der Waals surface area (Å²) in [5.41, 5.74) is 11.2. The molecule has 1 fully saturated rings. The van der Waals surface area contributed by atoms with E-state index in [-0.39, 0.29) is 11.8 Å². The predicted molar refractivity (Wildman–Crippen MR) is 255 cm³/mol. The van der Waals surface area contributed by atoms with Gasteiger partial charge in [0.25, 0.3) is 0 Å². The molecule has 0 saturated carbocycles. The predicted octanol–water partition coefficient (Wildman–Crippen LogP) is 16.2. The number of likely N-dealkylation sites (tertiary alicyclic amines) is 1. The molecule has 0 radical (unpaired) electrons. The Bertz CT molecular complexity index is 2870. The van der Waals surface area contributed by atoms with Crippen molar-refractivity contribution in [3.05, 3.63) is 160 Å². The number of aromatic nitrogens is 4. The van der Waals surface area contributed by atoms with Crippen molar-refractivity contribution >= 4 is 127 Å². The molecule has 3 aliphatic heterocycles. The van der Waals surface area contributed by atoms with Crippen LogP contribution in [0.15, 0.2) is 97.1 Å². The summed E-state index contributed by atoms with van der Waals surface area (Å²) >= 11 is 56.6. The quantitative estimate of drug-likeness (QED) is 0.185. The second-order valence-corrected chi connectivity index (χ2v) is 18.2. The van der Waals surface area contributed by atoms with Gasteiger partial charge in [-0.1, -0.05) is 117 Å². The van der Waals surface area contributed by atoms with Crippen molar-refractivity contribution in [2.24, 2.45) is 0 Å². The molecule has 6 heterocycles. The molecule has 2 atom stereocenters. The summed E-state index contributed by atoms with van der Waals surface area (Å²) in [6.07, 6.45) is 3.88. The van der Waals surface area contributed by atoms with Gasteiger partial charge in [0, 0.05) is 91.5 Å². The number of benzene rings is 4. The van der Waals surface area contributed by atoms with E-state index in [0.717, 1.165) is 46.6 Å². The molecule has 0 amide bonds. The van der Waals surface area contributed by atoms with Crippen LogP contribution in [-0.2, 0) is 0 Å². The first-order valence-electron chi connectivity index (χ1n) is 18.9. The van der Waals surface area contributed by atoms with Crippen molar-refractivity contribution < 1.29 is 0 Å². The highest BCUT2D eigenvalue weighted by molar-refractivity contribution is 6.42. The van der Waals surface area contributed by atoms with Gasteiger partial charge in [0.1, 0.15) is 0 Å². The van der Waals surface area contributed by atoms with Crippen LogP contribution in [0.2, 0.25) is 40.2 Å². The molecule has 1 saturated heterocycles. The second-order valence-electron chi connectivity index (χ2n) is 15.0. The zero-order chi connectivity index (χ0) is 41.6. The minimum atomic E-state index is -0.0649. The fourth-order valence-electron chi connectivity index (χ4n) is 8.90. The largest absolute Gasteiger partial charge is 0.354 e. The van der Waals surface area contributed by atoms with Crippen molar-refractivity contribution in [2.75, 3.05) is 20.1 Å².